The van der Waals surface area contributed by atoms with Crippen molar-refractivity contribution in [2.24, 2.45) is 0 Å². The molecule has 82 heavy (non-hydrogen) atoms. The summed E-state index contributed by atoms with van der Waals surface area (Å²) in [6.45, 7) is 5.83. The number of nitrogens with zero attached hydrogens (tertiary/aromatic N) is 2. The number of allylic oxidation sites excluding steroid dienone is 2. The maximum absolute atomic E-state index is 11.9. The highest BCUT2D eigenvalue weighted by molar-refractivity contribution is 14.1. The smallest absolute Gasteiger partial charge is 0.217 e. The highest BCUT2D eigenvalue weighted by Crippen LogP contribution is 2.29. The Morgan fingerprint density at radius 1 is 0.634 bits per heavy atom. The summed E-state index contributed by atoms with van der Waals surface area (Å²) in [5.41, 5.74) is 1.32. The van der Waals surface area contributed by atoms with Crippen molar-refractivity contribution in [3.8, 4) is 40.2 Å². The summed E-state index contributed by atoms with van der Waals surface area (Å²) in [6, 6.07) is 18.5. The molecule has 4 aliphatic heterocycles. The van der Waals surface area contributed by atoms with E-state index in [2.05, 4.69) is 0 Å². The van der Waals surface area contributed by atoms with Crippen LogP contribution in [-0.2, 0) is 28.4 Å². The zero-order valence-corrected chi connectivity index (χ0v) is 50.2. The van der Waals surface area contributed by atoms with Crippen LogP contribution < -0.4 is 19.6 Å². The zero-order chi connectivity index (χ0) is 60.0. The normalized spacial score (nSPS) is 17.3. The maximum Gasteiger partial charge on any atom is 0.217 e. The number of benzene rings is 4. The van der Waals surface area contributed by atoms with E-state index in [1.165, 1.54) is 63.3 Å². The van der Waals surface area contributed by atoms with Gasteiger partial charge < -0.3 is 72.4 Å². The van der Waals surface area contributed by atoms with Crippen LogP contribution in [0, 0.1) is 3.57 Å². The van der Waals surface area contributed by atoms with Crippen LogP contribution in [0.25, 0.3) is 11.0 Å². The molecule has 450 valence electrons. The third kappa shape index (κ3) is 24.4. The number of halogens is 1. The van der Waals surface area contributed by atoms with Crippen LogP contribution in [0.2, 0.25) is 0 Å². The van der Waals surface area contributed by atoms with E-state index in [0.717, 1.165) is 77.1 Å². The van der Waals surface area contributed by atoms with E-state index in [-0.39, 0.29) is 83.6 Å². The molecule has 0 bridgehead atoms. The summed E-state index contributed by atoms with van der Waals surface area (Å²) in [5, 5.41) is 38.1. The predicted octanol–water partition coefficient (Wildman–Crippen LogP) is 11.3. The lowest BCUT2D eigenvalue weighted by Gasteiger charge is -2.23. The number of carbonyl (C=O) groups excluding carboxylic acids is 3. The zero-order valence-electron chi connectivity index (χ0n) is 48.0. The van der Waals surface area contributed by atoms with Crippen LogP contribution in [0.15, 0.2) is 113 Å². The lowest BCUT2D eigenvalue weighted by molar-refractivity contribution is -0.179. The lowest BCUT2D eigenvalue weighted by Crippen LogP contribution is -2.30. The van der Waals surface area contributed by atoms with Crippen LogP contribution in [-0.4, -0.2) is 142 Å². The Morgan fingerprint density at radius 3 is 1.48 bits per heavy atom. The monoisotopic (exact) mass is 1260 g/mol. The summed E-state index contributed by atoms with van der Waals surface area (Å²) in [5.74, 6) is 0.704. The van der Waals surface area contributed by atoms with Crippen molar-refractivity contribution in [3.05, 3.63) is 134 Å². The van der Waals surface area contributed by atoms with Crippen LogP contribution in [0.4, 0.5) is 0 Å². The van der Waals surface area contributed by atoms with Gasteiger partial charge in [-0.15, -0.1) is 0 Å². The fourth-order valence-corrected chi connectivity index (χ4v) is 8.25. The van der Waals surface area contributed by atoms with E-state index in [9.17, 15) is 29.4 Å². The second kappa shape index (κ2) is 36.7. The van der Waals surface area contributed by atoms with Gasteiger partial charge in [-0.3, -0.25) is 24.1 Å². The molecule has 5 aromatic rings. The number of phenolic OH excluding ortho intramolecular Hbond substituents is 4. The molecule has 0 aliphatic carbocycles. The van der Waals surface area contributed by atoms with Crippen molar-refractivity contribution in [1.29, 1.82) is 0 Å². The Kier molecular flexibility index (Phi) is 30.3. The largest absolute Gasteiger partial charge is 0.508 e. The van der Waals surface area contributed by atoms with Gasteiger partial charge in [0, 0.05) is 85.5 Å². The van der Waals surface area contributed by atoms with Gasteiger partial charge in [0.2, 0.25) is 11.8 Å². The van der Waals surface area contributed by atoms with Crippen molar-refractivity contribution in [2.45, 2.75) is 110 Å². The lowest BCUT2D eigenvalue weighted by atomic mass is 10.1. The summed E-state index contributed by atoms with van der Waals surface area (Å²) < 4.78 is 54.0. The quantitative estimate of drug-likeness (QED) is 0.0349. The fraction of sp³-hybridized carbons (Fsp3) is 0.443. The summed E-state index contributed by atoms with van der Waals surface area (Å²) in [7, 11) is 10.6. The number of methoxy groups -OCH3 is 2. The molecule has 4 N–H and O–H groups in total. The van der Waals surface area contributed by atoms with Crippen LogP contribution in [0.5, 0.6) is 40.2 Å². The van der Waals surface area contributed by atoms with Crippen LogP contribution in [0.3, 0.4) is 0 Å². The second-order valence-electron chi connectivity index (χ2n) is 19.3. The first-order valence-corrected chi connectivity index (χ1v) is 28.0. The van der Waals surface area contributed by atoms with E-state index in [1.807, 2.05) is 61.8 Å². The van der Waals surface area contributed by atoms with E-state index in [0.29, 0.717) is 50.6 Å². The van der Waals surface area contributed by atoms with E-state index in [1.54, 1.807) is 74.0 Å². The highest BCUT2D eigenvalue weighted by Gasteiger charge is 2.20. The molecule has 9 rings (SSSR count). The molecular weight excluding hydrogens is 1180 g/mol. The molecule has 0 spiro atoms. The molecule has 0 radical (unpaired) electrons. The van der Waals surface area contributed by atoms with Crippen molar-refractivity contribution < 1.29 is 83.3 Å². The van der Waals surface area contributed by atoms with Gasteiger partial charge in [-0.1, -0.05) is 0 Å². The molecule has 5 heterocycles. The maximum atomic E-state index is 11.9. The topological polar surface area (TPSA) is 252 Å². The van der Waals surface area contributed by atoms with Crippen molar-refractivity contribution in [1.82, 2.24) is 9.80 Å². The fourth-order valence-electron chi connectivity index (χ4n) is 7.83. The first-order chi connectivity index (χ1) is 39.3. The minimum absolute atomic E-state index is 0. The number of ether oxygens (including phenoxy) is 9. The molecule has 0 saturated carbocycles. The third-order valence-electron chi connectivity index (χ3n) is 12.0. The standard InChI is InChI=1S/C16H21NO4.C14H13IO4.C13H16O4.C8H8O3.C5H13NO2.C5H8O.H2/c1-17(2)9-8-14(18)13-7-6-12(11-15(13)19)21-16-5-3-4-10-20-16;15-11-8-18-12-7-9(4-5-10(12)14(11)16)19-13-3-1-2-6-17-13;1-9(14)11-6-5-10(8-12(11)15)17-13-4-2-3-7-16-13;1-5(9)7-3-2-6(10)4-8(7)11;1-6(2)5(7-3)8-4;1-2-4-6-5-3-1;/h6-9,11,16,19H,3-5,10H2,1-2H3;4-5,7-8,13H,1-3,6H2;5-6,8,13,15H,2-4,7H2,1H3;2-4,10-11H,1H3;5H,1-4H3;2,4H,1,3,5H2;1H/b9-8+;;;;;;/i;;;;;;1+1. The first-order valence-electron chi connectivity index (χ1n) is 26.9. The number of aromatic hydroxyl groups is 4. The van der Waals surface area contributed by atoms with E-state index < -0.39 is 0 Å². The first kappa shape index (κ1) is 67.8. The Balaban J connectivity index is 0.000000272. The van der Waals surface area contributed by atoms with Gasteiger partial charge in [-0.25, -0.2) is 0 Å². The molecule has 3 fully saturated rings. The van der Waals surface area contributed by atoms with Gasteiger partial charge in [-0.2, -0.15) is 0 Å². The molecular formula is C61H81IN2O18. The number of hydrogen-bond acceptors (Lipinski definition) is 20. The van der Waals surface area contributed by atoms with Gasteiger partial charge in [-0.05, 0) is 157 Å². The minimum atomic E-state index is -0.270. The second-order valence-corrected chi connectivity index (χ2v) is 20.4. The molecule has 3 atom stereocenters. The van der Waals surface area contributed by atoms with Gasteiger partial charge in [0.25, 0.3) is 0 Å². The van der Waals surface area contributed by atoms with E-state index >= 15 is 0 Å². The highest BCUT2D eigenvalue weighted by atomic mass is 127. The Labute approximate surface area is 494 Å². The number of fused-ring (bicyclic) bond motifs is 1. The summed E-state index contributed by atoms with van der Waals surface area (Å²) >= 11 is 1.97. The minimum Gasteiger partial charge on any atom is -0.508 e. The summed E-state index contributed by atoms with van der Waals surface area (Å²) in [4.78, 5) is 49.3. The number of hydrogen-bond donors (Lipinski definition) is 4. The Bertz CT molecular complexity index is 2870. The molecule has 21 heteroatoms. The summed E-state index contributed by atoms with van der Waals surface area (Å²) in [6.07, 6.45) is 18.9. The Hall–Kier alpha value is -6.73. The predicted molar refractivity (Wildman–Crippen MR) is 319 cm³/mol. The Morgan fingerprint density at radius 2 is 1.11 bits per heavy atom. The molecule has 4 aromatic carbocycles. The molecule has 0 amide bonds. The number of Topliss-reactive ketones (excluding diaryl/α,β-unsaturated/α-hetero) is 2. The van der Waals surface area contributed by atoms with Crippen molar-refractivity contribution in [2.75, 3.05) is 68.8 Å². The van der Waals surface area contributed by atoms with Crippen LogP contribution in [0.1, 0.15) is 117 Å². The van der Waals surface area contributed by atoms with Crippen LogP contribution >= 0.6 is 22.6 Å². The molecule has 3 unspecified atom stereocenters. The average Bonchev–Trinajstić information content (AvgIpc) is 3.67. The van der Waals surface area contributed by atoms with Gasteiger partial charge in [0.1, 0.15) is 52.1 Å². The number of rotatable bonds is 14. The van der Waals surface area contributed by atoms with E-state index in [4.69, 9.17) is 57.3 Å². The third-order valence-corrected chi connectivity index (χ3v) is 12.8. The molecule has 1 aromatic heterocycles. The number of ketones is 3. The molecule has 4 aliphatic rings. The van der Waals surface area contributed by atoms with Crippen molar-refractivity contribution in [3.63, 3.8) is 0 Å². The van der Waals surface area contributed by atoms with Gasteiger partial charge in [0.15, 0.2) is 36.2 Å². The van der Waals surface area contributed by atoms with Gasteiger partial charge >= 0.3 is 0 Å². The SMILES string of the molecule is C1=COCCC1.CC(=O)c1ccc(O)cc1O.CC(=O)c1ccc(OC2CCCCO2)cc1O.CN(C)/C=C/C(=O)c1ccc(OC2CCCCO2)cc1O.COC(OC)N(C)C.O=c1c(I)coc2cc(OC3CCCCO3)ccc12.[2HH]. The molecule has 20 nitrogen and oxygen atoms in total. The van der Waals surface area contributed by atoms with Gasteiger partial charge in [0.05, 0.1) is 58.3 Å². The number of carbonyl (C=O) groups is 3. The van der Waals surface area contributed by atoms with Crippen molar-refractivity contribution >= 4 is 50.9 Å². The average molecular weight is 1260 g/mol. The molecule has 3 saturated heterocycles. The number of phenols is 4.